The first kappa shape index (κ1) is 18.3. The highest BCUT2D eigenvalue weighted by Crippen LogP contribution is 2.34. The fourth-order valence-corrected chi connectivity index (χ4v) is 3.98. The largest absolute Gasteiger partial charge is 0.488 e. The third kappa shape index (κ3) is 4.16. The number of hydrogen-bond acceptors (Lipinski definition) is 4. The SMILES string of the molecule is CC(=O)Nc1cccc(NS(=O)(=O)c2ccc3c(c2)CCC(C)(C)O3)c1. The zero-order chi connectivity index (χ0) is 18.9. The molecule has 0 atom stereocenters. The first-order valence-corrected chi connectivity index (χ1v) is 9.85. The van der Waals surface area contributed by atoms with Crippen molar-refractivity contribution in [1.29, 1.82) is 0 Å². The molecular formula is C19H22N2O4S. The standard InChI is InChI=1S/C19H22N2O4S/c1-13(22)20-15-5-4-6-16(12-15)21-26(23,24)17-7-8-18-14(11-17)9-10-19(2,3)25-18/h4-8,11-12,21H,9-10H2,1-3H3,(H,20,22). The molecule has 3 rings (SSSR count). The van der Waals surface area contributed by atoms with Crippen molar-refractivity contribution < 1.29 is 17.9 Å². The normalized spacial score (nSPS) is 15.5. The van der Waals surface area contributed by atoms with Gasteiger partial charge in [-0.1, -0.05) is 6.07 Å². The average Bonchev–Trinajstić information content (AvgIpc) is 2.52. The number of anilines is 2. The van der Waals surface area contributed by atoms with Crippen molar-refractivity contribution in [3.63, 3.8) is 0 Å². The topological polar surface area (TPSA) is 84.5 Å². The summed E-state index contributed by atoms with van der Waals surface area (Å²) < 4.78 is 33.9. The van der Waals surface area contributed by atoms with Crippen molar-refractivity contribution in [2.75, 3.05) is 10.0 Å². The van der Waals surface area contributed by atoms with Crippen LogP contribution in [0.2, 0.25) is 0 Å². The van der Waals surface area contributed by atoms with E-state index in [-0.39, 0.29) is 16.4 Å². The molecule has 26 heavy (non-hydrogen) atoms. The van der Waals surface area contributed by atoms with Crippen molar-refractivity contribution in [3.05, 3.63) is 48.0 Å². The molecule has 1 aliphatic rings. The van der Waals surface area contributed by atoms with Crippen LogP contribution < -0.4 is 14.8 Å². The Balaban J connectivity index is 1.84. The first-order chi connectivity index (χ1) is 12.1. The third-order valence-electron chi connectivity index (χ3n) is 4.16. The Morgan fingerprint density at radius 3 is 2.58 bits per heavy atom. The maximum Gasteiger partial charge on any atom is 0.261 e. The Morgan fingerprint density at radius 1 is 1.12 bits per heavy atom. The van der Waals surface area contributed by atoms with Crippen LogP contribution in [0.3, 0.4) is 0 Å². The molecule has 138 valence electrons. The molecule has 1 aliphatic heterocycles. The predicted molar refractivity (Wildman–Crippen MR) is 101 cm³/mol. The van der Waals surface area contributed by atoms with Crippen molar-refractivity contribution >= 4 is 27.3 Å². The van der Waals surface area contributed by atoms with Crippen LogP contribution >= 0.6 is 0 Å². The van der Waals surface area contributed by atoms with Gasteiger partial charge in [0.1, 0.15) is 11.4 Å². The molecular weight excluding hydrogens is 352 g/mol. The van der Waals surface area contributed by atoms with Crippen molar-refractivity contribution in [2.45, 2.75) is 44.1 Å². The molecule has 0 unspecified atom stereocenters. The van der Waals surface area contributed by atoms with E-state index in [4.69, 9.17) is 4.74 Å². The number of carbonyl (C=O) groups excluding carboxylic acids is 1. The predicted octanol–water partition coefficient (Wildman–Crippen LogP) is 3.55. The Morgan fingerprint density at radius 2 is 1.85 bits per heavy atom. The van der Waals surface area contributed by atoms with Crippen LogP contribution in [-0.4, -0.2) is 19.9 Å². The Kier molecular flexibility index (Phi) is 4.66. The van der Waals surface area contributed by atoms with E-state index in [0.717, 1.165) is 24.2 Å². The second-order valence-corrected chi connectivity index (χ2v) is 8.68. The van der Waals surface area contributed by atoms with Crippen LogP contribution in [0.15, 0.2) is 47.4 Å². The van der Waals surface area contributed by atoms with Crippen LogP contribution in [0.25, 0.3) is 0 Å². The van der Waals surface area contributed by atoms with Gasteiger partial charge in [-0.3, -0.25) is 9.52 Å². The zero-order valence-electron chi connectivity index (χ0n) is 15.0. The fraction of sp³-hybridized carbons (Fsp3) is 0.316. The molecule has 0 spiro atoms. The van der Waals surface area contributed by atoms with E-state index in [0.29, 0.717) is 11.4 Å². The number of nitrogens with one attached hydrogen (secondary N) is 2. The lowest BCUT2D eigenvalue weighted by atomic mass is 9.94. The number of hydrogen-bond donors (Lipinski definition) is 2. The molecule has 6 nitrogen and oxygen atoms in total. The second-order valence-electron chi connectivity index (χ2n) is 7.00. The monoisotopic (exact) mass is 374 g/mol. The summed E-state index contributed by atoms with van der Waals surface area (Å²) in [6.45, 7) is 5.43. The Hall–Kier alpha value is -2.54. The maximum absolute atomic E-state index is 12.7. The van der Waals surface area contributed by atoms with Crippen LogP contribution in [0.5, 0.6) is 5.75 Å². The minimum atomic E-state index is -3.74. The Labute approximate surface area is 153 Å². The van der Waals surface area contributed by atoms with Crippen LogP contribution in [0, 0.1) is 0 Å². The van der Waals surface area contributed by atoms with Gasteiger partial charge in [-0.25, -0.2) is 8.42 Å². The van der Waals surface area contributed by atoms with Crippen molar-refractivity contribution in [2.24, 2.45) is 0 Å². The summed E-state index contributed by atoms with van der Waals surface area (Å²) in [7, 11) is -3.74. The minimum absolute atomic E-state index is 0.185. The van der Waals surface area contributed by atoms with E-state index in [1.807, 2.05) is 13.8 Å². The van der Waals surface area contributed by atoms with E-state index in [1.165, 1.54) is 6.92 Å². The summed E-state index contributed by atoms with van der Waals surface area (Å²) >= 11 is 0. The molecule has 2 N–H and O–H groups in total. The average molecular weight is 374 g/mol. The number of benzene rings is 2. The smallest absolute Gasteiger partial charge is 0.261 e. The van der Waals surface area contributed by atoms with Gasteiger partial charge in [0.15, 0.2) is 0 Å². The number of rotatable bonds is 4. The summed E-state index contributed by atoms with van der Waals surface area (Å²) in [5.41, 5.74) is 1.56. The van der Waals surface area contributed by atoms with Gasteiger partial charge in [-0.15, -0.1) is 0 Å². The minimum Gasteiger partial charge on any atom is -0.488 e. The summed E-state index contributed by atoms with van der Waals surface area (Å²) in [6, 6.07) is 11.5. The molecule has 0 saturated carbocycles. The molecule has 0 fully saturated rings. The molecule has 2 aromatic carbocycles. The number of amides is 1. The molecule has 0 aromatic heterocycles. The van der Waals surface area contributed by atoms with Crippen molar-refractivity contribution in [1.82, 2.24) is 0 Å². The molecule has 0 bridgehead atoms. The van der Waals surface area contributed by atoms with Gasteiger partial charge in [0.25, 0.3) is 10.0 Å². The number of fused-ring (bicyclic) bond motifs is 1. The number of ether oxygens (including phenoxy) is 1. The zero-order valence-corrected chi connectivity index (χ0v) is 15.8. The molecule has 1 heterocycles. The summed E-state index contributed by atoms with van der Waals surface area (Å²) in [4.78, 5) is 11.3. The van der Waals surface area contributed by atoms with Gasteiger partial charge < -0.3 is 10.1 Å². The van der Waals surface area contributed by atoms with Gasteiger partial charge in [-0.2, -0.15) is 0 Å². The lowest BCUT2D eigenvalue weighted by Gasteiger charge is -2.32. The quantitative estimate of drug-likeness (QED) is 0.857. The third-order valence-corrected chi connectivity index (χ3v) is 5.54. The number of carbonyl (C=O) groups is 1. The van der Waals surface area contributed by atoms with E-state index in [9.17, 15) is 13.2 Å². The molecule has 0 saturated heterocycles. The maximum atomic E-state index is 12.7. The van der Waals surface area contributed by atoms with E-state index in [1.54, 1.807) is 42.5 Å². The molecule has 1 amide bonds. The van der Waals surface area contributed by atoms with E-state index >= 15 is 0 Å². The van der Waals surface area contributed by atoms with Crippen LogP contribution in [0.4, 0.5) is 11.4 Å². The Bertz CT molecular complexity index is 952. The van der Waals surface area contributed by atoms with Gasteiger partial charge in [0, 0.05) is 12.6 Å². The number of aryl methyl sites for hydroxylation is 1. The van der Waals surface area contributed by atoms with Gasteiger partial charge in [0.05, 0.1) is 10.6 Å². The van der Waals surface area contributed by atoms with Gasteiger partial charge >= 0.3 is 0 Å². The molecule has 0 aliphatic carbocycles. The molecule has 2 aromatic rings. The van der Waals surface area contributed by atoms with Crippen LogP contribution in [0.1, 0.15) is 32.8 Å². The van der Waals surface area contributed by atoms with Crippen LogP contribution in [-0.2, 0) is 21.2 Å². The second kappa shape index (κ2) is 6.64. The first-order valence-electron chi connectivity index (χ1n) is 8.37. The fourth-order valence-electron chi connectivity index (χ4n) is 2.88. The lowest BCUT2D eigenvalue weighted by Crippen LogP contribution is -2.32. The van der Waals surface area contributed by atoms with Crippen molar-refractivity contribution in [3.8, 4) is 5.75 Å². The lowest BCUT2D eigenvalue weighted by molar-refractivity contribution is -0.114. The van der Waals surface area contributed by atoms with Gasteiger partial charge in [0.2, 0.25) is 5.91 Å². The van der Waals surface area contributed by atoms with Gasteiger partial charge in [-0.05, 0) is 68.7 Å². The molecule has 0 radical (unpaired) electrons. The highest BCUT2D eigenvalue weighted by molar-refractivity contribution is 7.92. The highest BCUT2D eigenvalue weighted by Gasteiger charge is 2.27. The van der Waals surface area contributed by atoms with E-state index in [2.05, 4.69) is 10.0 Å². The summed E-state index contributed by atoms with van der Waals surface area (Å²) in [5.74, 6) is 0.510. The molecule has 7 heteroatoms. The summed E-state index contributed by atoms with van der Waals surface area (Å²) in [6.07, 6.45) is 1.60. The van der Waals surface area contributed by atoms with E-state index < -0.39 is 10.0 Å². The summed E-state index contributed by atoms with van der Waals surface area (Å²) in [5, 5.41) is 2.63. The highest BCUT2D eigenvalue weighted by atomic mass is 32.2. The number of sulfonamides is 1.